The van der Waals surface area contributed by atoms with Gasteiger partial charge in [0.15, 0.2) is 0 Å². The van der Waals surface area contributed by atoms with Crippen molar-refractivity contribution < 1.29 is 24.3 Å². The molecule has 8 nitrogen and oxygen atoms in total. The molecule has 2 atom stereocenters. The van der Waals surface area contributed by atoms with Crippen molar-refractivity contribution in [3.63, 3.8) is 0 Å². The van der Waals surface area contributed by atoms with Crippen molar-refractivity contribution in [1.82, 2.24) is 15.1 Å². The summed E-state index contributed by atoms with van der Waals surface area (Å²) in [6, 6.07) is -0.540. The molecule has 22 heavy (non-hydrogen) atoms. The first-order chi connectivity index (χ1) is 10.3. The summed E-state index contributed by atoms with van der Waals surface area (Å²) >= 11 is 0. The van der Waals surface area contributed by atoms with Crippen LogP contribution in [0.1, 0.15) is 26.2 Å². The standard InChI is InChI=1S/C14H19N3O5/c1-14(9-2-3-9)12(21)17(13(22)15-14)7-10(18)16-5-4-8(6-16)11(19)20/h8-9H,2-7H2,1H3,(H,15,22)(H,19,20)/t8-,14+/m1/s1. The van der Waals surface area contributed by atoms with Crippen molar-refractivity contribution in [2.75, 3.05) is 19.6 Å². The second-order valence-electron chi connectivity index (χ2n) is 6.46. The molecule has 120 valence electrons. The molecule has 0 unspecified atom stereocenters. The fourth-order valence-corrected chi connectivity index (χ4v) is 3.22. The summed E-state index contributed by atoms with van der Waals surface area (Å²) in [5.41, 5.74) is -0.897. The molecule has 0 aromatic carbocycles. The minimum Gasteiger partial charge on any atom is -0.481 e. The fraction of sp³-hybridized carbons (Fsp3) is 0.714. The summed E-state index contributed by atoms with van der Waals surface area (Å²) in [4.78, 5) is 49.9. The molecule has 8 heteroatoms. The molecule has 2 N–H and O–H groups in total. The number of nitrogens with one attached hydrogen (secondary N) is 1. The Morgan fingerprint density at radius 3 is 2.55 bits per heavy atom. The molecular formula is C14H19N3O5. The third kappa shape index (κ3) is 2.32. The van der Waals surface area contributed by atoms with Gasteiger partial charge in [0.2, 0.25) is 5.91 Å². The van der Waals surface area contributed by atoms with Gasteiger partial charge in [-0.05, 0) is 32.1 Å². The number of carboxylic acids is 1. The first-order valence-electron chi connectivity index (χ1n) is 7.47. The smallest absolute Gasteiger partial charge is 0.325 e. The van der Waals surface area contributed by atoms with Gasteiger partial charge in [-0.1, -0.05) is 0 Å². The Morgan fingerprint density at radius 2 is 2.00 bits per heavy atom. The maximum Gasteiger partial charge on any atom is 0.325 e. The van der Waals surface area contributed by atoms with Crippen LogP contribution in [0, 0.1) is 11.8 Å². The number of rotatable bonds is 4. The van der Waals surface area contributed by atoms with E-state index in [2.05, 4.69) is 5.32 Å². The molecule has 2 saturated heterocycles. The van der Waals surface area contributed by atoms with Crippen LogP contribution < -0.4 is 5.32 Å². The molecule has 2 aliphatic heterocycles. The van der Waals surface area contributed by atoms with Crippen LogP contribution in [0.3, 0.4) is 0 Å². The number of nitrogens with zero attached hydrogens (tertiary/aromatic N) is 2. The average molecular weight is 309 g/mol. The zero-order chi connectivity index (χ0) is 16.1. The third-order valence-corrected chi connectivity index (χ3v) is 4.88. The van der Waals surface area contributed by atoms with Gasteiger partial charge in [0.05, 0.1) is 5.92 Å². The molecule has 4 amide bonds. The Hall–Kier alpha value is -2.12. The lowest BCUT2D eigenvalue weighted by molar-refractivity contribution is -0.142. The monoisotopic (exact) mass is 309 g/mol. The molecule has 0 radical (unpaired) electrons. The predicted octanol–water partition coefficient (Wildman–Crippen LogP) is -0.360. The second-order valence-corrected chi connectivity index (χ2v) is 6.46. The number of likely N-dealkylation sites (tertiary alicyclic amines) is 1. The minimum absolute atomic E-state index is 0.137. The van der Waals surface area contributed by atoms with E-state index in [4.69, 9.17) is 5.11 Å². The molecule has 3 fully saturated rings. The Labute approximate surface area is 127 Å². The lowest BCUT2D eigenvalue weighted by Crippen LogP contribution is -2.47. The number of hydrogen-bond acceptors (Lipinski definition) is 4. The van der Waals surface area contributed by atoms with E-state index in [-0.39, 0.29) is 30.8 Å². The van der Waals surface area contributed by atoms with Crippen LogP contribution in [-0.2, 0) is 14.4 Å². The van der Waals surface area contributed by atoms with Gasteiger partial charge >= 0.3 is 12.0 Å². The van der Waals surface area contributed by atoms with Crippen molar-refractivity contribution in [2.45, 2.75) is 31.7 Å². The number of imide groups is 1. The van der Waals surface area contributed by atoms with Crippen LogP contribution in [0.4, 0.5) is 4.79 Å². The topological polar surface area (TPSA) is 107 Å². The molecule has 0 aromatic heterocycles. The zero-order valence-electron chi connectivity index (χ0n) is 12.4. The second kappa shape index (κ2) is 4.96. The quantitative estimate of drug-likeness (QED) is 0.690. The molecule has 1 saturated carbocycles. The van der Waals surface area contributed by atoms with Gasteiger partial charge in [0.1, 0.15) is 12.1 Å². The largest absolute Gasteiger partial charge is 0.481 e. The van der Waals surface area contributed by atoms with E-state index in [1.165, 1.54) is 4.90 Å². The van der Waals surface area contributed by atoms with Crippen LogP contribution in [0.15, 0.2) is 0 Å². The number of amides is 4. The SMILES string of the molecule is C[C@@]1(C2CC2)NC(=O)N(CC(=O)N2CC[C@@H](C(=O)O)C2)C1=O. The Bertz CT molecular complexity index is 559. The summed E-state index contributed by atoms with van der Waals surface area (Å²) in [5.74, 6) is -2.09. The Kier molecular flexibility index (Phi) is 3.34. The summed E-state index contributed by atoms with van der Waals surface area (Å²) in [5, 5.41) is 11.6. The highest BCUT2D eigenvalue weighted by molar-refractivity contribution is 6.09. The van der Waals surface area contributed by atoms with Crippen LogP contribution >= 0.6 is 0 Å². The summed E-state index contributed by atoms with van der Waals surface area (Å²) in [6.45, 7) is 1.86. The van der Waals surface area contributed by atoms with E-state index < -0.39 is 23.5 Å². The van der Waals surface area contributed by atoms with Gasteiger partial charge in [-0.3, -0.25) is 19.3 Å². The Morgan fingerprint density at radius 1 is 1.32 bits per heavy atom. The van der Waals surface area contributed by atoms with Crippen LogP contribution in [-0.4, -0.2) is 63.9 Å². The fourth-order valence-electron chi connectivity index (χ4n) is 3.22. The van der Waals surface area contributed by atoms with Crippen LogP contribution in [0.25, 0.3) is 0 Å². The van der Waals surface area contributed by atoms with Crippen LogP contribution in [0.2, 0.25) is 0 Å². The normalized spacial score (nSPS) is 31.6. The van der Waals surface area contributed by atoms with Gasteiger partial charge in [-0.2, -0.15) is 0 Å². The van der Waals surface area contributed by atoms with Gasteiger partial charge in [0.25, 0.3) is 5.91 Å². The molecule has 1 aliphatic carbocycles. The van der Waals surface area contributed by atoms with E-state index in [9.17, 15) is 19.2 Å². The van der Waals surface area contributed by atoms with Gasteiger partial charge in [-0.25, -0.2) is 4.79 Å². The third-order valence-electron chi connectivity index (χ3n) is 4.88. The number of carboxylic acid groups (broad SMARTS) is 1. The number of urea groups is 1. The van der Waals surface area contributed by atoms with E-state index in [1.54, 1.807) is 6.92 Å². The molecule has 3 rings (SSSR count). The molecule has 0 spiro atoms. The van der Waals surface area contributed by atoms with Gasteiger partial charge in [-0.15, -0.1) is 0 Å². The van der Waals surface area contributed by atoms with Crippen LogP contribution in [0.5, 0.6) is 0 Å². The average Bonchev–Trinajstić information content (AvgIpc) is 3.15. The lowest BCUT2D eigenvalue weighted by atomic mass is 9.96. The van der Waals surface area contributed by atoms with Crippen molar-refractivity contribution in [3.05, 3.63) is 0 Å². The first kappa shape index (κ1) is 14.8. The highest BCUT2D eigenvalue weighted by Crippen LogP contribution is 2.42. The maximum absolute atomic E-state index is 12.4. The van der Waals surface area contributed by atoms with E-state index in [0.717, 1.165) is 17.7 Å². The highest BCUT2D eigenvalue weighted by atomic mass is 16.4. The Balaban J connectivity index is 1.63. The van der Waals surface area contributed by atoms with E-state index >= 15 is 0 Å². The van der Waals surface area contributed by atoms with E-state index in [0.29, 0.717) is 13.0 Å². The van der Waals surface area contributed by atoms with Gasteiger partial charge in [0, 0.05) is 13.1 Å². The first-order valence-corrected chi connectivity index (χ1v) is 7.47. The maximum atomic E-state index is 12.4. The predicted molar refractivity (Wildman–Crippen MR) is 73.7 cm³/mol. The molecule has 0 aromatic rings. The molecule has 2 heterocycles. The van der Waals surface area contributed by atoms with Crippen molar-refractivity contribution in [1.29, 1.82) is 0 Å². The minimum atomic E-state index is -0.924. The summed E-state index contributed by atoms with van der Waals surface area (Å²) < 4.78 is 0. The van der Waals surface area contributed by atoms with Crippen molar-refractivity contribution in [2.24, 2.45) is 11.8 Å². The summed E-state index contributed by atoms with van der Waals surface area (Å²) in [7, 11) is 0. The summed E-state index contributed by atoms with van der Waals surface area (Å²) in [6.07, 6.45) is 2.20. The highest BCUT2D eigenvalue weighted by Gasteiger charge is 2.56. The number of carbonyl (C=O) groups is 4. The zero-order valence-corrected chi connectivity index (χ0v) is 12.4. The number of carbonyl (C=O) groups excluding carboxylic acids is 3. The van der Waals surface area contributed by atoms with Crippen molar-refractivity contribution in [3.8, 4) is 0 Å². The molecule has 0 bridgehead atoms. The van der Waals surface area contributed by atoms with E-state index in [1.807, 2.05) is 0 Å². The molecular weight excluding hydrogens is 290 g/mol. The van der Waals surface area contributed by atoms with Crippen molar-refractivity contribution >= 4 is 23.8 Å². The number of hydrogen-bond donors (Lipinski definition) is 2. The number of aliphatic carboxylic acids is 1. The molecule has 3 aliphatic rings. The van der Waals surface area contributed by atoms with Gasteiger partial charge < -0.3 is 15.3 Å². The lowest BCUT2D eigenvalue weighted by Gasteiger charge is -2.22.